The van der Waals surface area contributed by atoms with E-state index in [0.717, 1.165) is 46.8 Å². The first-order valence-corrected chi connectivity index (χ1v) is 8.39. The SMILES string of the molecule is CCc1nc(N2CCc3ccc(F)cc3C2)c2ccsc2n1. The smallest absolute Gasteiger partial charge is 0.141 e. The van der Waals surface area contributed by atoms with Crippen molar-refractivity contribution >= 4 is 27.4 Å². The highest BCUT2D eigenvalue weighted by Crippen LogP contribution is 2.31. The van der Waals surface area contributed by atoms with Crippen molar-refractivity contribution in [3.05, 3.63) is 52.4 Å². The number of hydrogen-bond acceptors (Lipinski definition) is 4. The Balaban J connectivity index is 1.78. The summed E-state index contributed by atoms with van der Waals surface area (Å²) < 4.78 is 13.5. The summed E-state index contributed by atoms with van der Waals surface area (Å²) in [4.78, 5) is 12.6. The van der Waals surface area contributed by atoms with E-state index in [2.05, 4.69) is 28.3 Å². The average Bonchev–Trinajstić information content (AvgIpc) is 3.01. The summed E-state index contributed by atoms with van der Waals surface area (Å²) >= 11 is 1.65. The van der Waals surface area contributed by atoms with E-state index in [-0.39, 0.29) is 5.82 Å². The first kappa shape index (κ1) is 13.6. The van der Waals surface area contributed by atoms with Crippen LogP contribution in [-0.2, 0) is 19.4 Å². The van der Waals surface area contributed by atoms with Crippen LogP contribution in [0.15, 0.2) is 29.6 Å². The molecule has 0 amide bonds. The Hall–Kier alpha value is -2.01. The van der Waals surface area contributed by atoms with Crippen molar-refractivity contribution in [2.75, 3.05) is 11.4 Å². The average molecular weight is 313 g/mol. The third kappa shape index (κ3) is 2.25. The number of halogens is 1. The predicted octanol–water partition coefficient (Wildman–Crippen LogP) is 3.96. The highest BCUT2D eigenvalue weighted by molar-refractivity contribution is 7.16. The number of nitrogens with zero attached hydrogens (tertiary/aromatic N) is 3. The summed E-state index contributed by atoms with van der Waals surface area (Å²) in [7, 11) is 0. The van der Waals surface area contributed by atoms with Gasteiger partial charge >= 0.3 is 0 Å². The maximum atomic E-state index is 13.5. The van der Waals surface area contributed by atoms with Crippen molar-refractivity contribution in [3.8, 4) is 0 Å². The highest BCUT2D eigenvalue weighted by atomic mass is 32.1. The van der Waals surface area contributed by atoms with E-state index in [0.29, 0.717) is 6.54 Å². The van der Waals surface area contributed by atoms with Gasteiger partial charge in [-0.15, -0.1) is 11.3 Å². The zero-order valence-electron chi connectivity index (χ0n) is 12.3. The number of aryl methyl sites for hydroxylation is 1. The summed E-state index contributed by atoms with van der Waals surface area (Å²) in [5.74, 6) is 1.69. The maximum absolute atomic E-state index is 13.5. The first-order chi connectivity index (χ1) is 10.7. The molecule has 0 N–H and O–H groups in total. The van der Waals surface area contributed by atoms with E-state index in [4.69, 9.17) is 4.98 Å². The number of hydrogen-bond donors (Lipinski definition) is 0. The molecule has 0 unspecified atom stereocenters. The Bertz CT molecular complexity index is 843. The summed E-state index contributed by atoms with van der Waals surface area (Å²) in [5.41, 5.74) is 2.30. The Kier molecular flexibility index (Phi) is 3.30. The number of anilines is 1. The van der Waals surface area contributed by atoms with E-state index < -0.39 is 0 Å². The van der Waals surface area contributed by atoms with Crippen molar-refractivity contribution in [1.82, 2.24) is 9.97 Å². The summed E-state index contributed by atoms with van der Waals surface area (Å²) in [5, 5.41) is 3.15. The molecular weight excluding hydrogens is 297 g/mol. The van der Waals surface area contributed by atoms with Crippen LogP contribution < -0.4 is 4.90 Å². The summed E-state index contributed by atoms with van der Waals surface area (Å²) in [6.45, 7) is 3.68. The van der Waals surface area contributed by atoms with Crippen molar-refractivity contribution in [2.45, 2.75) is 26.3 Å². The van der Waals surface area contributed by atoms with Gasteiger partial charge in [0.25, 0.3) is 0 Å². The van der Waals surface area contributed by atoms with Crippen molar-refractivity contribution in [1.29, 1.82) is 0 Å². The topological polar surface area (TPSA) is 29.0 Å². The quantitative estimate of drug-likeness (QED) is 0.717. The normalized spacial score (nSPS) is 14.4. The first-order valence-electron chi connectivity index (χ1n) is 7.51. The van der Waals surface area contributed by atoms with Gasteiger partial charge in [0.1, 0.15) is 22.3 Å². The molecule has 4 rings (SSSR count). The molecule has 3 nitrogen and oxygen atoms in total. The summed E-state index contributed by atoms with van der Waals surface area (Å²) in [6.07, 6.45) is 1.74. The van der Waals surface area contributed by atoms with Crippen molar-refractivity contribution in [2.24, 2.45) is 0 Å². The molecule has 112 valence electrons. The highest BCUT2D eigenvalue weighted by Gasteiger charge is 2.21. The fourth-order valence-electron chi connectivity index (χ4n) is 2.99. The van der Waals surface area contributed by atoms with Crippen LogP contribution in [0.1, 0.15) is 23.9 Å². The third-order valence-electron chi connectivity index (χ3n) is 4.15. The lowest BCUT2D eigenvalue weighted by atomic mass is 9.99. The predicted molar refractivity (Wildman–Crippen MR) is 87.9 cm³/mol. The van der Waals surface area contributed by atoms with Gasteiger partial charge in [-0.1, -0.05) is 13.0 Å². The van der Waals surface area contributed by atoms with Gasteiger partial charge in [-0.25, -0.2) is 14.4 Å². The standard InChI is InChI=1S/C17H16FN3S/c1-2-15-19-16(14-6-8-22-17(14)20-15)21-7-5-11-3-4-13(18)9-12(11)10-21/h3-4,6,8-9H,2,5,7,10H2,1H3. The number of thiophene rings is 1. The zero-order valence-corrected chi connectivity index (χ0v) is 13.2. The van der Waals surface area contributed by atoms with Crippen molar-refractivity contribution in [3.63, 3.8) is 0 Å². The largest absolute Gasteiger partial charge is 0.351 e. The van der Waals surface area contributed by atoms with Gasteiger partial charge in [-0.05, 0) is 41.1 Å². The fraction of sp³-hybridized carbons (Fsp3) is 0.294. The van der Waals surface area contributed by atoms with Crippen LogP contribution in [0, 0.1) is 5.82 Å². The molecule has 5 heteroatoms. The molecule has 3 aromatic rings. The van der Waals surface area contributed by atoms with E-state index in [1.807, 2.05) is 6.07 Å². The molecule has 0 atom stereocenters. The minimum atomic E-state index is -0.168. The molecule has 0 fully saturated rings. The second-order valence-corrected chi connectivity index (χ2v) is 6.44. The molecule has 1 aliphatic rings. The Morgan fingerprint density at radius 3 is 3.00 bits per heavy atom. The maximum Gasteiger partial charge on any atom is 0.141 e. The monoisotopic (exact) mass is 313 g/mol. The fourth-order valence-corrected chi connectivity index (χ4v) is 3.77. The van der Waals surface area contributed by atoms with Crippen LogP contribution in [0.2, 0.25) is 0 Å². The molecule has 0 spiro atoms. The van der Waals surface area contributed by atoms with Gasteiger partial charge in [0, 0.05) is 19.5 Å². The lowest BCUT2D eigenvalue weighted by molar-refractivity contribution is 0.618. The van der Waals surface area contributed by atoms with Crippen LogP contribution >= 0.6 is 11.3 Å². The van der Waals surface area contributed by atoms with E-state index >= 15 is 0 Å². The molecule has 22 heavy (non-hydrogen) atoms. The molecule has 0 bridgehead atoms. The van der Waals surface area contributed by atoms with Gasteiger partial charge in [0.05, 0.1) is 5.39 Å². The molecule has 0 saturated carbocycles. The Morgan fingerprint density at radius 1 is 1.23 bits per heavy atom. The molecule has 1 aromatic carbocycles. The van der Waals surface area contributed by atoms with Gasteiger partial charge in [0.15, 0.2) is 0 Å². The molecule has 3 heterocycles. The lowest BCUT2D eigenvalue weighted by Gasteiger charge is -2.30. The Morgan fingerprint density at radius 2 is 2.14 bits per heavy atom. The van der Waals surface area contributed by atoms with Crippen LogP contribution in [0.3, 0.4) is 0 Å². The second kappa shape index (κ2) is 5.32. The zero-order chi connectivity index (χ0) is 15.1. The third-order valence-corrected chi connectivity index (χ3v) is 4.95. The number of fused-ring (bicyclic) bond motifs is 2. The number of rotatable bonds is 2. The minimum Gasteiger partial charge on any atom is -0.351 e. The Labute approximate surface area is 132 Å². The summed E-state index contributed by atoms with van der Waals surface area (Å²) in [6, 6.07) is 7.18. The molecule has 2 aromatic heterocycles. The minimum absolute atomic E-state index is 0.168. The van der Waals surface area contributed by atoms with Crippen LogP contribution in [0.4, 0.5) is 10.2 Å². The molecule has 1 aliphatic heterocycles. The molecular formula is C17H16FN3S. The van der Waals surface area contributed by atoms with Crippen LogP contribution in [0.5, 0.6) is 0 Å². The molecule has 0 aliphatic carbocycles. The number of benzene rings is 1. The van der Waals surface area contributed by atoms with Gasteiger partial charge in [0.2, 0.25) is 0 Å². The van der Waals surface area contributed by atoms with E-state index in [1.165, 1.54) is 5.56 Å². The second-order valence-electron chi connectivity index (χ2n) is 5.54. The van der Waals surface area contributed by atoms with E-state index in [1.54, 1.807) is 23.5 Å². The van der Waals surface area contributed by atoms with E-state index in [9.17, 15) is 4.39 Å². The van der Waals surface area contributed by atoms with Crippen LogP contribution in [-0.4, -0.2) is 16.5 Å². The van der Waals surface area contributed by atoms with Gasteiger partial charge in [-0.3, -0.25) is 0 Å². The van der Waals surface area contributed by atoms with Gasteiger partial charge < -0.3 is 4.90 Å². The van der Waals surface area contributed by atoms with Crippen molar-refractivity contribution < 1.29 is 4.39 Å². The molecule has 0 radical (unpaired) electrons. The molecule has 0 saturated heterocycles. The van der Waals surface area contributed by atoms with Gasteiger partial charge in [-0.2, -0.15) is 0 Å². The number of aromatic nitrogens is 2. The van der Waals surface area contributed by atoms with Crippen LogP contribution in [0.25, 0.3) is 10.2 Å². The lowest BCUT2D eigenvalue weighted by Crippen LogP contribution is -2.31.